The molecule has 0 radical (unpaired) electrons. The first-order chi connectivity index (χ1) is 13.7. The number of fused-ring (bicyclic) bond motifs is 3. The van der Waals surface area contributed by atoms with Crippen LogP contribution in [0.15, 0.2) is 24.4 Å². The monoisotopic (exact) mass is 419 g/mol. The molecule has 8 heteroatoms. The fraction of sp³-hybridized carbons (Fsp3) is 0.429. The van der Waals surface area contributed by atoms with Crippen LogP contribution in [0.5, 0.6) is 11.5 Å². The molecule has 29 heavy (non-hydrogen) atoms. The molecule has 7 nitrogen and oxygen atoms in total. The lowest BCUT2D eigenvalue weighted by molar-refractivity contribution is 0.187. The first-order valence-corrected chi connectivity index (χ1v) is 9.79. The Hall–Kier alpha value is -2.51. The number of ether oxygens (including phenoxy) is 3. The summed E-state index contributed by atoms with van der Waals surface area (Å²) in [6, 6.07) is 5.45. The average Bonchev–Trinajstić information content (AvgIpc) is 2.66. The maximum Gasteiger partial charge on any atom is 0.412 e. The molecule has 1 atom stereocenters. The Morgan fingerprint density at radius 2 is 2.17 bits per heavy atom. The minimum absolute atomic E-state index is 0.318. The number of benzene rings is 1. The van der Waals surface area contributed by atoms with E-state index in [0.29, 0.717) is 41.5 Å². The van der Waals surface area contributed by atoms with Gasteiger partial charge in [0.15, 0.2) is 0 Å². The molecule has 1 amide bonds. The van der Waals surface area contributed by atoms with Gasteiger partial charge in [-0.3, -0.25) is 5.32 Å². The Morgan fingerprint density at radius 3 is 2.86 bits per heavy atom. The molecule has 3 N–H and O–H groups in total. The van der Waals surface area contributed by atoms with Crippen molar-refractivity contribution in [3.05, 3.63) is 35.0 Å². The first kappa shape index (κ1) is 21.2. The van der Waals surface area contributed by atoms with Crippen LogP contribution in [-0.2, 0) is 11.3 Å². The quantitative estimate of drug-likeness (QED) is 0.709. The number of aromatic nitrogens is 1. The Morgan fingerprint density at radius 1 is 1.41 bits per heavy atom. The SMILES string of the molecule is COC(=O)Nc1cc2c(cn1)COc1c-2ccc(OC[C@@](C)(N)CC(C)C)c1Cl. The molecule has 1 aromatic carbocycles. The van der Waals surface area contributed by atoms with Crippen LogP contribution in [0.2, 0.25) is 5.02 Å². The summed E-state index contributed by atoms with van der Waals surface area (Å²) in [6.07, 6.45) is 1.91. The molecule has 0 unspecified atom stereocenters. The number of hydrogen-bond acceptors (Lipinski definition) is 6. The predicted octanol–water partition coefficient (Wildman–Crippen LogP) is 4.62. The minimum Gasteiger partial charge on any atom is -0.490 e. The summed E-state index contributed by atoms with van der Waals surface area (Å²) in [4.78, 5) is 15.7. The number of hydrogen-bond donors (Lipinski definition) is 2. The number of amides is 1. The topological polar surface area (TPSA) is 95.7 Å². The normalized spacial score (nSPS) is 14.3. The van der Waals surface area contributed by atoms with Crippen molar-refractivity contribution in [1.82, 2.24) is 4.98 Å². The third kappa shape index (κ3) is 4.92. The standard InChI is InChI=1S/C21H26ClN3O4/c1-12(2)8-21(3,23)11-29-16-6-5-14-15-7-17(25-20(26)27-4)24-9-13(15)10-28-19(14)18(16)22/h5-7,9,12H,8,10-11,23H2,1-4H3,(H,24,25,26)/t21-/m0/s1. The highest BCUT2D eigenvalue weighted by atomic mass is 35.5. The van der Waals surface area contributed by atoms with E-state index in [2.05, 4.69) is 28.9 Å². The number of carbonyl (C=O) groups is 1. The van der Waals surface area contributed by atoms with Gasteiger partial charge in [-0.1, -0.05) is 25.4 Å². The van der Waals surface area contributed by atoms with Crippen LogP contribution in [0.3, 0.4) is 0 Å². The van der Waals surface area contributed by atoms with Gasteiger partial charge >= 0.3 is 6.09 Å². The van der Waals surface area contributed by atoms with Gasteiger partial charge in [-0.15, -0.1) is 0 Å². The molecule has 156 valence electrons. The maximum atomic E-state index is 11.5. The highest BCUT2D eigenvalue weighted by Crippen LogP contribution is 2.46. The molecule has 1 aromatic heterocycles. The fourth-order valence-electron chi connectivity index (χ4n) is 3.46. The van der Waals surface area contributed by atoms with Crippen LogP contribution < -0.4 is 20.5 Å². The minimum atomic E-state index is -0.585. The van der Waals surface area contributed by atoms with E-state index in [4.69, 9.17) is 26.8 Å². The zero-order valence-electron chi connectivity index (χ0n) is 17.0. The van der Waals surface area contributed by atoms with Crippen molar-refractivity contribution in [1.29, 1.82) is 0 Å². The molecular weight excluding hydrogens is 394 g/mol. The molecule has 0 aliphatic carbocycles. The van der Waals surface area contributed by atoms with Gasteiger partial charge in [0.25, 0.3) is 0 Å². The van der Waals surface area contributed by atoms with E-state index in [-0.39, 0.29) is 0 Å². The number of pyridine rings is 1. The maximum absolute atomic E-state index is 11.5. The second-order valence-corrected chi connectivity index (χ2v) is 8.30. The summed E-state index contributed by atoms with van der Waals surface area (Å²) in [7, 11) is 1.30. The Kier molecular flexibility index (Phi) is 6.19. The number of nitrogens with two attached hydrogens (primary N) is 1. The number of carbonyl (C=O) groups excluding carboxylic acids is 1. The number of nitrogens with zero attached hydrogens (tertiary/aromatic N) is 1. The van der Waals surface area contributed by atoms with Crippen LogP contribution in [0.25, 0.3) is 11.1 Å². The van der Waals surface area contributed by atoms with Crippen LogP contribution in [0, 0.1) is 5.92 Å². The van der Waals surface area contributed by atoms with E-state index < -0.39 is 11.6 Å². The zero-order chi connectivity index (χ0) is 21.2. The second kappa shape index (κ2) is 8.47. The summed E-state index contributed by atoms with van der Waals surface area (Å²) in [5.41, 5.74) is 8.45. The van der Waals surface area contributed by atoms with Gasteiger partial charge in [-0.2, -0.15) is 0 Å². The third-order valence-corrected chi connectivity index (χ3v) is 4.92. The Balaban J connectivity index is 1.86. The lowest BCUT2D eigenvalue weighted by Gasteiger charge is -2.28. The van der Waals surface area contributed by atoms with Gasteiger partial charge in [-0.05, 0) is 43.0 Å². The van der Waals surface area contributed by atoms with E-state index in [0.717, 1.165) is 23.1 Å². The van der Waals surface area contributed by atoms with Gasteiger partial charge < -0.3 is 19.9 Å². The van der Waals surface area contributed by atoms with Gasteiger partial charge in [0.05, 0.1) is 7.11 Å². The number of rotatable bonds is 6. The average molecular weight is 420 g/mol. The Labute approximate surface area is 175 Å². The summed E-state index contributed by atoms with van der Waals surface area (Å²) in [6.45, 7) is 6.88. The largest absolute Gasteiger partial charge is 0.490 e. The van der Waals surface area contributed by atoms with Crippen molar-refractivity contribution in [3.8, 4) is 22.6 Å². The van der Waals surface area contributed by atoms with Crippen LogP contribution in [0.4, 0.5) is 10.6 Å². The van der Waals surface area contributed by atoms with E-state index in [1.165, 1.54) is 7.11 Å². The molecule has 0 fully saturated rings. The summed E-state index contributed by atoms with van der Waals surface area (Å²) in [5.74, 6) is 1.91. The molecule has 2 aromatic rings. The highest BCUT2D eigenvalue weighted by Gasteiger charge is 2.25. The fourth-order valence-corrected chi connectivity index (χ4v) is 3.73. The smallest absolute Gasteiger partial charge is 0.412 e. The summed E-state index contributed by atoms with van der Waals surface area (Å²) < 4.78 is 16.4. The lowest BCUT2D eigenvalue weighted by Crippen LogP contribution is -2.43. The molecular formula is C21H26ClN3O4. The molecule has 0 saturated heterocycles. The second-order valence-electron chi connectivity index (χ2n) is 7.93. The van der Waals surface area contributed by atoms with Crippen molar-refractivity contribution < 1.29 is 19.0 Å². The number of nitrogens with one attached hydrogen (secondary N) is 1. The molecule has 1 aliphatic rings. The zero-order valence-corrected chi connectivity index (χ0v) is 17.8. The Bertz CT molecular complexity index is 915. The van der Waals surface area contributed by atoms with E-state index in [1.807, 2.05) is 13.0 Å². The molecule has 2 heterocycles. The first-order valence-electron chi connectivity index (χ1n) is 9.41. The van der Waals surface area contributed by atoms with Gasteiger partial charge in [0, 0.05) is 22.9 Å². The van der Waals surface area contributed by atoms with Gasteiger partial charge in [0.2, 0.25) is 0 Å². The van der Waals surface area contributed by atoms with Crippen molar-refractivity contribution in [3.63, 3.8) is 0 Å². The van der Waals surface area contributed by atoms with Crippen LogP contribution in [0.1, 0.15) is 32.8 Å². The van der Waals surface area contributed by atoms with Crippen molar-refractivity contribution in [2.45, 2.75) is 39.3 Å². The third-order valence-electron chi connectivity index (χ3n) is 4.56. The van der Waals surface area contributed by atoms with Crippen LogP contribution in [-0.4, -0.2) is 30.3 Å². The predicted molar refractivity (Wildman–Crippen MR) is 113 cm³/mol. The molecule has 0 spiro atoms. The van der Waals surface area contributed by atoms with Gasteiger partial charge in [-0.25, -0.2) is 9.78 Å². The van der Waals surface area contributed by atoms with Gasteiger partial charge in [0.1, 0.15) is 35.6 Å². The van der Waals surface area contributed by atoms with E-state index >= 15 is 0 Å². The van der Waals surface area contributed by atoms with Crippen LogP contribution >= 0.6 is 11.6 Å². The summed E-state index contributed by atoms with van der Waals surface area (Å²) in [5, 5.41) is 2.96. The molecule has 0 saturated carbocycles. The highest BCUT2D eigenvalue weighted by molar-refractivity contribution is 6.34. The number of halogens is 1. The molecule has 1 aliphatic heterocycles. The lowest BCUT2D eigenvalue weighted by atomic mass is 9.93. The van der Waals surface area contributed by atoms with Crippen molar-refractivity contribution >= 4 is 23.5 Å². The van der Waals surface area contributed by atoms with E-state index in [9.17, 15) is 4.79 Å². The number of anilines is 1. The molecule has 0 bridgehead atoms. The van der Waals surface area contributed by atoms with E-state index in [1.54, 1.807) is 18.3 Å². The number of methoxy groups -OCH3 is 1. The van der Waals surface area contributed by atoms with Crippen molar-refractivity contribution in [2.75, 3.05) is 19.0 Å². The molecule has 3 rings (SSSR count). The van der Waals surface area contributed by atoms with Crippen molar-refractivity contribution in [2.24, 2.45) is 11.7 Å². The summed E-state index contributed by atoms with van der Waals surface area (Å²) >= 11 is 6.58.